The minimum Gasteiger partial charge on any atom is -0.298 e. The van der Waals surface area contributed by atoms with Gasteiger partial charge in [0.1, 0.15) is 5.78 Å². The molecule has 2 heteroatoms. The number of hydrogen-bond acceptors (Lipinski definition) is 2. The van der Waals surface area contributed by atoms with Crippen LogP contribution in [-0.2, 0) is 4.79 Å². The number of Topliss-reactive ketones (excluding diaryl/α,β-unsaturated/α-hetero) is 1. The van der Waals surface area contributed by atoms with Gasteiger partial charge in [0.25, 0.3) is 0 Å². The third-order valence-corrected chi connectivity index (χ3v) is 4.72. The van der Waals surface area contributed by atoms with Crippen LogP contribution < -0.4 is 0 Å². The summed E-state index contributed by atoms with van der Waals surface area (Å²) in [5.41, 5.74) is 0. The van der Waals surface area contributed by atoms with Crippen molar-refractivity contribution in [1.82, 2.24) is 0 Å². The van der Waals surface area contributed by atoms with Crippen LogP contribution in [-0.4, -0.2) is 17.3 Å². The molecule has 94 valence electrons. The van der Waals surface area contributed by atoms with Crippen molar-refractivity contribution < 1.29 is 4.79 Å². The Morgan fingerprint density at radius 2 is 1.75 bits per heavy atom. The zero-order chi connectivity index (χ0) is 12.1. The van der Waals surface area contributed by atoms with Crippen molar-refractivity contribution in [3.05, 3.63) is 0 Å². The van der Waals surface area contributed by atoms with E-state index in [1.54, 1.807) is 0 Å². The molecule has 1 rings (SSSR count). The molecule has 0 aromatic rings. The Kier molecular flexibility index (Phi) is 5.88. The first-order valence-corrected chi connectivity index (χ1v) is 7.75. The van der Waals surface area contributed by atoms with E-state index >= 15 is 0 Å². The van der Waals surface area contributed by atoms with Gasteiger partial charge in [-0.1, -0.05) is 27.7 Å². The predicted octanol–water partition coefficient (Wildman–Crippen LogP) is 4.02. The van der Waals surface area contributed by atoms with Crippen LogP contribution in [0.5, 0.6) is 0 Å². The molecule has 1 fully saturated rings. The van der Waals surface area contributed by atoms with Gasteiger partial charge in [0, 0.05) is 5.92 Å². The van der Waals surface area contributed by atoms with Crippen molar-refractivity contribution in [2.75, 3.05) is 11.5 Å². The van der Waals surface area contributed by atoms with E-state index in [0.29, 0.717) is 17.6 Å². The van der Waals surface area contributed by atoms with E-state index in [1.807, 2.05) is 11.8 Å². The molecule has 1 nitrogen and oxygen atoms in total. The van der Waals surface area contributed by atoms with Gasteiger partial charge in [-0.25, -0.2) is 0 Å². The van der Waals surface area contributed by atoms with E-state index in [9.17, 15) is 4.79 Å². The van der Waals surface area contributed by atoms with Crippen LogP contribution in [0, 0.1) is 23.7 Å². The van der Waals surface area contributed by atoms with Gasteiger partial charge in [-0.05, 0) is 42.8 Å². The van der Waals surface area contributed by atoms with Crippen LogP contribution in [0.2, 0.25) is 0 Å². The Bertz CT molecular complexity index is 215. The molecule has 0 saturated heterocycles. The first-order chi connectivity index (χ1) is 7.49. The molecule has 0 N–H and O–H groups in total. The molecule has 0 spiro atoms. The summed E-state index contributed by atoms with van der Waals surface area (Å²) in [4.78, 5) is 12.0. The Hall–Kier alpha value is 0.0200. The van der Waals surface area contributed by atoms with E-state index in [1.165, 1.54) is 6.42 Å². The minimum absolute atomic E-state index is 0.360. The van der Waals surface area contributed by atoms with Gasteiger partial charge >= 0.3 is 0 Å². The lowest BCUT2D eigenvalue weighted by Crippen LogP contribution is -2.27. The van der Waals surface area contributed by atoms with E-state index in [2.05, 4.69) is 27.7 Å². The maximum absolute atomic E-state index is 12.0. The first kappa shape index (κ1) is 14.1. The summed E-state index contributed by atoms with van der Waals surface area (Å²) in [5, 5.41) is 0. The fourth-order valence-corrected chi connectivity index (χ4v) is 3.75. The number of carbonyl (C=O) groups is 1. The third-order valence-electron chi connectivity index (χ3n) is 3.33. The summed E-state index contributed by atoms with van der Waals surface area (Å²) >= 11 is 1.82. The van der Waals surface area contributed by atoms with Crippen LogP contribution in [0.25, 0.3) is 0 Å². The predicted molar refractivity (Wildman–Crippen MR) is 72.8 cm³/mol. The van der Waals surface area contributed by atoms with Crippen LogP contribution in [0.15, 0.2) is 0 Å². The fraction of sp³-hybridized carbons (Fsp3) is 0.929. The third kappa shape index (κ3) is 4.90. The maximum Gasteiger partial charge on any atom is 0.145 e. The second-order valence-electron chi connectivity index (χ2n) is 5.99. The van der Waals surface area contributed by atoms with Crippen molar-refractivity contribution in [3.8, 4) is 0 Å². The van der Waals surface area contributed by atoms with Crippen molar-refractivity contribution in [3.63, 3.8) is 0 Å². The van der Waals surface area contributed by atoms with Crippen LogP contribution in [0.4, 0.5) is 0 Å². The fourth-order valence-electron chi connectivity index (χ4n) is 2.72. The Morgan fingerprint density at radius 1 is 1.19 bits per heavy atom. The molecule has 0 amide bonds. The average molecular weight is 242 g/mol. The Labute approximate surface area is 105 Å². The summed E-state index contributed by atoms with van der Waals surface area (Å²) in [6, 6.07) is 0. The monoisotopic (exact) mass is 242 g/mol. The standard InChI is InChI=1S/C14H26OS/c1-10(2)8-16-9-14(15)13-6-11(3)5-12(4)7-13/h10-13H,5-9H2,1-4H3. The molecule has 16 heavy (non-hydrogen) atoms. The highest BCUT2D eigenvalue weighted by Crippen LogP contribution is 2.33. The number of carbonyl (C=O) groups excluding carboxylic acids is 1. The quantitative estimate of drug-likeness (QED) is 0.724. The van der Waals surface area contributed by atoms with E-state index in [-0.39, 0.29) is 0 Å². The summed E-state index contributed by atoms with van der Waals surface area (Å²) < 4.78 is 0. The molecule has 1 aliphatic rings. The molecule has 0 radical (unpaired) electrons. The van der Waals surface area contributed by atoms with Crippen molar-refractivity contribution in [2.45, 2.75) is 47.0 Å². The summed E-state index contributed by atoms with van der Waals surface area (Å²) in [7, 11) is 0. The molecule has 0 aliphatic heterocycles. The van der Waals surface area contributed by atoms with Crippen LogP contribution in [0.1, 0.15) is 47.0 Å². The largest absolute Gasteiger partial charge is 0.298 e. The van der Waals surface area contributed by atoms with E-state index in [4.69, 9.17) is 0 Å². The molecule has 0 bridgehead atoms. The van der Waals surface area contributed by atoms with Crippen molar-refractivity contribution >= 4 is 17.5 Å². The average Bonchev–Trinajstić information content (AvgIpc) is 2.15. The van der Waals surface area contributed by atoms with Gasteiger partial charge in [0.2, 0.25) is 0 Å². The maximum atomic E-state index is 12.0. The molecule has 1 saturated carbocycles. The van der Waals surface area contributed by atoms with Gasteiger partial charge in [0.15, 0.2) is 0 Å². The lowest BCUT2D eigenvalue weighted by molar-refractivity contribution is -0.122. The molecule has 1 aliphatic carbocycles. The van der Waals surface area contributed by atoms with Gasteiger partial charge in [-0.15, -0.1) is 0 Å². The van der Waals surface area contributed by atoms with Gasteiger partial charge in [-0.2, -0.15) is 11.8 Å². The van der Waals surface area contributed by atoms with Gasteiger partial charge in [-0.3, -0.25) is 4.79 Å². The topological polar surface area (TPSA) is 17.1 Å². The zero-order valence-corrected chi connectivity index (χ0v) is 12.0. The molecule has 2 atom stereocenters. The van der Waals surface area contributed by atoms with Gasteiger partial charge < -0.3 is 0 Å². The highest BCUT2D eigenvalue weighted by Gasteiger charge is 2.28. The van der Waals surface area contributed by atoms with Crippen LogP contribution >= 0.6 is 11.8 Å². The zero-order valence-electron chi connectivity index (χ0n) is 11.2. The number of thioether (sulfide) groups is 1. The Morgan fingerprint density at radius 3 is 2.25 bits per heavy atom. The SMILES string of the molecule is CC(C)CSCC(=O)C1CC(C)CC(C)C1. The van der Waals surface area contributed by atoms with Crippen molar-refractivity contribution in [1.29, 1.82) is 0 Å². The smallest absolute Gasteiger partial charge is 0.145 e. The lowest BCUT2D eigenvalue weighted by atomic mass is 9.75. The summed E-state index contributed by atoms with van der Waals surface area (Å²) in [6.07, 6.45) is 3.57. The normalized spacial score (nSPS) is 30.7. The first-order valence-electron chi connectivity index (χ1n) is 6.59. The molecule has 0 heterocycles. The number of rotatable bonds is 5. The number of ketones is 1. The second-order valence-corrected chi connectivity index (χ2v) is 7.02. The molecular weight excluding hydrogens is 216 g/mol. The highest BCUT2D eigenvalue weighted by atomic mass is 32.2. The summed E-state index contributed by atoms with van der Waals surface area (Å²) in [6.45, 7) is 9.00. The lowest BCUT2D eigenvalue weighted by Gasteiger charge is -2.30. The minimum atomic E-state index is 0.360. The highest BCUT2D eigenvalue weighted by molar-refractivity contribution is 7.99. The van der Waals surface area contributed by atoms with E-state index < -0.39 is 0 Å². The van der Waals surface area contributed by atoms with E-state index in [0.717, 1.165) is 36.2 Å². The summed E-state index contributed by atoms with van der Waals surface area (Å²) in [5.74, 6) is 4.90. The Balaban J connectivity index is 2.30. The van der Waals surface area contributed by atoms with Crippen LogP contribution in [0.3, 0.4) is 0 Å². The van der Waals surface area contributed by atoms with Crippen molar-refractivity contribution in [2.24, 2.45) is 23.7 Å². The number of hydrogen-bond donors (Lipinski definition) is 0. The molecule has 0 aromatic carbocycles. The molecule has 0 aromatic heterocycles. The molecular formula is C14H26OS. The molecule has 2 unspecified atom stereocenters. The van der Waals surface area contributed by atoms with Gasteiger partial charge in [0.05, 0.1) is 5.75 Å². The second kappa shape index (κ2) is 6.68.